The molecule has 4 heteroatoms. The van der Waals surface area contributed by atoms with E-state index in [0.717, 1.165) is 12.2 Å². The van der Waals surface area contributed by atoms with Crippen molar-refractivity contribution in [3.8, 4) is 0 Å². The van der Waals surface area contributed by atoms with Gasteiger partial charge in [-0.3, -0.25) is 4.79 Å². The number of amides is 1. The monoisotopic (exact) mass is 218 g/mol. The zero-order valence-corrected chi connectivity index (χ0v) is 10.4. The summed E-state index contributed by atoms with van der Waals surface area (Å²) in [5.41, 5.74) is 5.80. The Bertz CT molecular complexity index is 176. The second kappa shape index (κ2) is 7.12. The van der Waals surface area contributed by atoms with Gasteiger partial charge in [0.2, 0.25) is 5.91 Å². The molecule has 0 aliphatic rings. The van der Waals surface area contributed by atoms with Gasteiger partial charge in [0.05, 0.1) is 6.04 Å². The molecule has 0 aromatic heterocycles. The van der Waals surface area contributed by atoms with Gasteiger partial charge in [0.25, 0.3) is 0 Å². The summed E-state index contributed by atoms with van der Waals surface area (Å²) in [6.07, 6.45) is 2.96. The molecule has 14 heavy (non-hydrogen) atoms. The first-order valence-corrected chi connectivity index (χ1v) is 6.47. The third kappa shape index (κ3) is 4.86. The van der Waals surface area contributed by atoms with E-state index in [9.17, 15) is 4.79 Å². The minimum absolute atomic E-state index is 0.0269. The van der Waals surface area contributed by atoms with Crippen LogP contribution in [0.2, 0.25) is 0 Å². The van der Waals surface area contributed by atoms with Gasteiger partial charge in [0, 0.05) is 11.8 Å². The second-order valence-corrected chi connectivity index (χ2v) is 4.69. The fourth-order valence-electron chi connectivity index (χ4n) is 1.14. The molecule has 1 unspecified atom stereocenters. The van der Waals surface area contributed by atoms with E-state index in [1.54, 1.807) is 11.8 Å². The first kappa shape index (κ1) is 13.8. The molecular formula is C10H22N2OS. The van der Waals surface area contributed by atoms with Crippen LogP contribution in [0.3, 0.4) is 0 Å². The van der Waals surface area contributed by atoms with Crippen molar-refractivity contribution < 1.29 is 4.79 Å². The van der Waals surface area contributed by atoms with E-state index in [1.165, 1.54) is 0 Å². The van der Waals surface area contributed by atoms with Gasteiger partial charge in [-0.05, 0) is 19.1 Å². The van der Waals surface area contributed by atoms with Gasteiger partial charge in [0.15, 0.2) is 0 Å². The van der Waals surface area contributed by atoms with Crippen molar-refractivity contribution in [1.29, 1.82) is 0 Å². The van der Waals surface area contributed by atoms with Crippen LogP contribution in [0.15, 0.2) is 0 Å². The number of nitrogens with one attached hydrogen (secondary N) is 1. The van der Waals surface area contributed by atoms with E-state index in [4.69, 9.17) is 5.73 Å². The van der Waals surface area contributed by atoms with Crippen molar-refractivity contribution in [3.63, 3.8) is 0 Å². The highest BCUT2D eigenvalue weighted by Gasteiger charge is 2.20. The van der Waals surface area contributed by atoms with Gasteiger partial charge in [-0.2, -0.15) is 11.8 Å². The second-order valence-electron chi connectivity index (χ2n) is 3.78. The highest BCUT2D eigenvalue weighted by molar-refractivity contribution is 7.98. The van der Waals surface area contributed by atoms with Crippen molar-refractivity contribution in [2.45, 2.75) is 39.3 Å². The van der Waals surface area contributed by atoms with Gasteiger partial charge in [0.1, 0.15) is 0 Å². The lowest BCUT2D eigenvalue weighted by Gasteiger charge is -2.20. The molecular weight excluding hydrogens is 196 g/mol. The first-order valence-electron chi connectivity index (χ1n) is 5.07. The Morgan fingerprint density at radius 2 is 2.07 bits per heavy atom. The topological polar surface area (TPSA) is 55.1 Å². The fraction of sp³-hybridized carbons (Fsp3) is 0.900. The fourth-order valence-corrected chi connectivity index (χ4v) is 1.73. The number of carbonyl (C=O) groups is 1. The van der Waals surface area contributed by atoms with Crippen molar-refractivity contribution in [1.82, 2.24) is 5.32 Å². The Morgan fingerprint density at radius 1 is 1.50 bits per heavy atom. The van der Waals surface area contributed by atoms with Crippen LogP contribution in [0.4, 0.5) is 0 Å². The molecule has 0 radical (unpaired) electrons. The van der Waals surface area contributed by atoms with Gasteiger partial charge in [-0.25, -0.2) is 0 Å². The van der Waals surface area contributed by atoms with Gasteiger partial charge >= 0.3 is 0 Å². The third-order valence-electron chi connectivity index (χ3n) is 2.37. The van der Waals surface area contributed by atoms with Crippen molar-refractivity contribution in [3.05, 3.63) is 0 Å². The summed E-state index contributed by atoms with van der Waals surface area (Å²) >= 11 is 1.72. The van der Waals surface area contributed by atoms with E-state index in [0.29, 0.717) is 0 Å². The van der Waals surface area contributed by atoms with Crippen LogP contribution >= 0.6 is 11.8 Å². The zero-order chi connectivity index (χ0) is 11.1. The number of thioether (sulfide) groups is 1. The standard InChI is InChI=1S/C10H22N2OS/c1-5-7(2)9(11)10(13)12-8(3)6-14-4/h7-9H,5-6,11H2,1-4H3,(H,12,13)/t7-,8?,9-/m0/s1. The van der Waals surface area contributed by atoms with Crippen LogP contribution in [-0.4, -0.2) is 30.0 Å². The van der Waals surface area contributed by atoms with Crippen LogP contribution in [0, 0.1) is 5.92 Å². The highest BCUT2D eigenvalue weighted by Crippen LogP contribution is 2.06. The molecule has 1 amide bonds. The maximum atomic E-state index is 11.6. The quantitative estimate of drug-likeness (QED) is 0.705. The largest absolute Gasteiger partial charge is 0.351 e. The maximum absolute atomic E-state index is 11.6. The molecule has 0 rings (SSSR count). The number of hydrogen-bond acceptors (Lipinski definition) is 3. The van der Waals surface area contributed by atoms with Crippen molar-refractivity contribution >= 4 is 17.7 Å². The highest BCUT2D eigenvalue weighted by atomic mass is 32.2. The van der Waals surface area contributed by atoms with Crippen molar-refractivity contribution in [2.24, 2.45) is 11.7 Å². The zero-order valence-electron chi connectivity index (χ0n) is 9.54. The van der Waals surface area contributed by atoms with Gasteiger partial charge < -0.3 is 11.1 Å². The van der Waals surface area contributed by atoms with Crippen LogP contribution in [0.1, 0.15) is 27.2 Å². The molecule has 0 saturated heterocycles. The van der Waals surface area contributed by atoms with E-state index in [2.05, 4.69) is 5.32 Å². The Morgan fingerprint density at radius 3 is 2.50 bits per heavy atom. The average molecular weight is 218 g/mol. The van der Waals surface area contributed by atoms with E-state index < -0.39 is 0 Å². The maximum Gasteiger partial charge on any atom is 0.237 e. The van der Waals surface area contributed by atoms with Crippen LogP contribution < -0.4 is 11.1 Å². The molecule has 0 aliphatic carbocycles. The summed E-state index contributed by atoms with van der Waals surface area (Å²) in [6.45, 7) is 6.05. The molecule has 0 fully saturated rings. The molecule has 0 spiro atoms. The summed E-state index contributed by atoms with van der Waals surface area (Å²) in [7, 11) is 0. The van der Waals surface area contributed by atoms with Gasteiger partial charge in [-0.15, -0.1) is 0 Å². The molecule has 0 bridgehead atoms. The minimum Gasteiger partial charge on any atom is -0.351 e. The Labute approximate surface area is 91.2 Å². The lowest BCUT2D eigenvalue weighted by atomic mass is 9.99. The summed E-state index contributed by atoms with van der Waals surface area (Å²) in [5, 5.41) is 2.91. The summed E-state index contributed by atoms with van der Waals surface area (Å²) in [5.74, 6) is 1.15. The smallest absolute Gasteiger partial charge is 0.237 e. The van der Waals surface area contributed by atoms with Crippen LogP contribution in [0.5, 0.6) is 0 Å². The Balaban J connectivity index is 3.94. The lowest BCUT2D eigenvalue weighted by molar-refractivity contribution is -0.123. The van der Waals surface area contributed by atoms with Crippen molar-refractivity contribution in [2.75, 3.05) is 12.0 Å². The molecule has 3 N–H and O–H groups in total. The minimum atomic E-state index is -0.371. The Kier molecular flexibility index (Phi) is 7.01. The molecule has 84 valence electrons. The molecule has 3 atom stereocenters. The van der Waals surface area contributed by atoms with E-state index in [-0.39, 0.29) is 23.9 Å². The number of nitrogens with two attached hydrogens (primary N) is 1. The summed E-state index contributed by atoms with van der Waals surface area (Å²) in [4.78, 5) is 11.6. The molecule has 0 saturated carbocycles. The summed E-state index contributed by atoms with van der Waals surface area (Å²) in [6, 6.07) is -0.170. The molecule has 0 heterocycles. The molecule has 3 nitrogen and oxygen atoms in total. The van der Waals surface area contributed by atoms with Crippen LogP contribution in [0.25, 0.3) is 0 Å². The van der Waals surface area contributed by atoms with Gasteiger partial charge in [-0.1, -0.05) is 20.3 Å². The predicted octanol–water partition coefficient (Wildman–Crippen LogP) is 1.23. The molecule has 0 aliphatic heterocycles. The molecule has 0 aromatic rings. The number of carbonyl (C=O) groups excluding carboxylic acids is 1. The van der Waals surface area contributed by atoms with E-state index >= 15 is 0 Å². The predicted molar refractivity (Wildman–Crippen MR) is 63.4 cm³/mol. The average Bonchev–Trinajstić information content (AvgIpc) is 2.15. The van der Waals surface area contributed by atoms with Crippen LogP contribution in [-0.2, 0) is 4.79 Å². The number of rotatable bonds is 6. The van der Waals surface area contributed by atoms with E-state index in [1.807, 2.05) is 27.0 Å². The molecule has 0 aromatic carbocycles. The lowest BCUT2D eigenvalue weighted by Crippen LogP contribution is -2.48. The number of hydrogen-bond donors (Lipinski definition) is 2. The Hall–Kier alpha value is -0.220. The normalized spacial score (nSPS) is 17.2. The first-order chi connectivity index (χ1) is 6.52. The SMILES string of the molecule is CC[C@H](C)[C@H](N)C(=O)NC(C)CSC. The third-order valence-corrected chi connectivity index (χ3v) is 3.20. The summed E-state index contributed by atoms with van der Waals surface area (Å²) < 4.78 is 0.